The molecule has 0 atom stereocenters. The Labute approximate surface area is 110 Å². The number of nitrogens with two attached hydrogens (primary N) is 1. The predicted molar refractivity (Wildman–Crippen MR) is 67.9 cm³/mol. The van der Waals surface area contributed by atoms with E-state index < -0.39 is 5.82 Å². The minimum atomic E-state index is -0.419. The van der Waals surface area contributed by atoms with Crippen LogP contribution in [0.3, 0.4) is 0 Å². The lowest BCUT2D eigenvalue weighted by molar-refractivity contribution is 0.614. The highest BCUT2D eigenvalue weighted by Gasteiger charge is 2.07. The van der Waals surface area contributed by atoms with E-state index in [1.165, 1.54) is 6.07 Å². The van der Waals surface area contributed by atoms with Gasteiger partial charge >= 0.3 is 0 Å². The van der Waals surface area contributed by atoms with E-state index in [0.717, 1.165) is 18.5 Å². The van der Waals surface area contributed by atoms with Crippen molar-refractivity contribution in [2.75, 3.05) is 6.54 Å². The summed E-state index contributed by atoms with van der Waals surface area (Å²) in [4.78, 5) is 0. The van der Waals surface area contributed by atoms with Crippen molar-refractivity contribution in [1.82, 2.24) is 15.0 Å². The zero-order valence-electron chi connectivity index (χ0n) is 9.81. The Kier molecular flexibility index (Phi) is 4.28. The van der Waals surface area contributed by atoms with Crippen LogP contribution in [0.25, 0.3) is 0 Å². The minimum Gasteiger partial charge on any atom is -0.330 e. The molecule has 0 radical (unpaired) electrons. The average Bonchev–Trinajstić information content (AvgIpc) is 2.80. The van der Waals surface area contributed by atoms with Crippen molar-refractivity contribution in [3.05, 3.63) is 46.5 Å². The summed E-state index contributed by atoms with van der Waals surface area (Å²) in [5, 5.41) is 8.14. The van der Waals surface area contributed by atoms with E-state index in [2.05, 4.69) is 10.3 Å². The van der Waals surface area contributed by atoms with E-state index in [0.29, 0.717) is 18.7 Å². The maximum absolute atomic E-state index is 13.3. The van der Waals surface area contributed by atoms with Gasteiger partial charge in [0, 0.05) is 6.20 Å². The molecule has 1 aromatic heterocycles. The van der Waals surface area contributed by atoms with Crippen molar-refractivity contribution in [3.8, 4) is 0 Å². The number of aromatic nitrogens is 3. The van der Waals surface area contributed by atoms with Gasteiger partial charge in [0.2, 0.25) is 0 Å². The van der Waals surface area contributed by atoms with Crippen molar-refractivity contribution < 1.29 is 4.39 Å². The summed E-state index contributed by atoms with van der Waals surface area (Å²) >= 11 is 5.88. The molecule has 2 N–H and O–H groups in total. The van der Waals surface area contributed by atoms with Gasteiger partial charge in [-0.3, -0.25) is 0 Å². The highest BCUT2D eigenvalue weighted by Crippen LogP contribution is 2.20. The van der Waals surface area contributed by atoms with Crippen LogP contribution in [-0.2, 0) is 13.0 Å². The Hall–Kier alpha value is -1.46. The molecule has 0 amide bonds. The van der Waals surface area contributed by atoms with Gasteiger partial charge in [0.1, 0.15) is 5.82 Å². The molecule has 4 nitrogen and oxygen atoms in total. The molecular formula is C12H14ClFN4. The molecule has 0 spiro atoms. The molecule has 2 rings (SSSR count). The summed E-state index contributed by atoms with van der Waals surface area (Å²) in [7, 11) is 0. The van der Waals surface area contributed by atoms with Crippen molar-refractivity contribution in [3.63, 3.8) is 0 Å². The molecule has 1 heterocycles. The highest BCUT2D eigenvalue weighted by atomic mass is 35.5. The average molecular weight is 269 g/mol. The van der Waals surface area contributed by atoms with E-state index in [9.17, 15) is 4.39 Å². The molecule has 1 aromatic carbocycles. The van der Waals surface area contributed by atoms with Crippen LogP contribution in [0.5, 0.6) is 0 Å². The number of hydrogen-bond donors (Lipinski definition) is 1. The van der Waals surface area contributed by atoms with E-state index in [1.54, 1.807) is 16.8 Å². The lowest BCUT2D eigenvalue weighted by atomic mass is 10.2. The number of halogens is 2. The monoisotopic (exact) mass is 268 g/mol. The van der Waals surface area contributed by atoms with Crippen molar-refractivity contribution in [2.45, 2.75) is 19.4 Å². The molecule has 0 saturated heterocycles. The molecule has 0 aliphatic heterocycles. The first kappa shape index (κ1) is 13.0. The third kappa shape index (κ3) is 3.05. The normalized spacial score (nSPS) is 10.8. The van der Waals surface area contributed by atoms with Gasteiger partial charge in [-0.25, -0.2) is 9.07 Å². The van der Waals surface area contributed by atoms with Crippen molar-refractivity contribution in [1.29, 1.82) is 0 Å². The summed E-state index contributed by atoms with van der Waals surface area (Å²) in [6, 6.07) is 4.73. The van der Waals surface area contributed by atoms with Gasteiger partial charge in [-0.1, -0.05) is 28.9 Å². The molecule has 18 heavy (non-hydrogen) atoms. The Morgan fingerprint density at radius 2 is 2.22 bits per heavy atom. The quantitative estimate of drug-likeness (QED) is 0.902. The van der Waals surface area contributed by atoms with Gasteiger partial charge in [0.05, 0.1) is 17.3 Å². The maximum Gasteiger partial charge on any atom is 0.142 e. The molecule has 96 valence electrons. The fraction of sp³-hybridized carbons (Fsp3) is 0.333. The third-order valence-electron chi connectivity index (χ3n) is 2.59. The first-order chi connectivity index (χ1) is 8.70. The number of rotatable bonds is 5. The molecular weight excluding hydrogens is 255 g/mol. The van der Waals surface area contributed by atoms with Crippen LogP contribution in [0, 0.1) is 5.82 Å². The summed E-state index contributed by atoms with van der Waals surface area (Å²) in [5.74, 6) is -0.419. The Morgan fingerprint density at radius 3 is 3.00 bits per heavy atom. The molecule has 0 unspecified atom stereocenters. The molecule has 2 aromatic rings. The first-order valence-corrected chi connectivity index (χ1v) is 6.10. The molecule has 0 fully saturated rings. The van der Waals surface area contributed by atoms with Gasteiger partial charge in [0.15, 0.2) is 0 Å². The molecule has 0 aliphatic carbocycles. The topological polar surface area (TPSA) is 56.7 Å². The lowest BCUT2D eigenvalue weighted by Crippen LogP contribution is -2.02. The Morgan fingerprint density at radius 1 is 1.39 bits per heavy atom. The lowest BCUT2D eigenvalue weighted by Gasteiger charge is -2.04. The zero-order chi connectivity index (χ0) is 13.0. The van der Waals surface area contributed by atoms with Gasteiger partial charge < -0.3 is 5.73 Å². The van der Waals surface area contributed by atoms with E-state index in [-0.39, 0.29) is 5.02 Å². The second-order valence-electron chi connectivity index (χ2n) is 4.01. The Bertz CT molecular complexity index is 527. The second kappa shape index (κ2) is 5.93. The number of nitrogens with zero attached hydrogens (tertiary/aromatic N) is 3. The van der Waals surface area contributed by atoms with Crippen molar-refractivity contribution in [2.24, 2.45) is 5.73 Å². The predicted octanol–water partition coefficient (Wildman–Crippen LogP) is 2.01. The summed E-state index contributed by atoms with van der Waals surface area (Å²) in [6.45, 7) is 1.04. The minimum absolute atomic E-state index is 0.136. The van der Waals surface area contributed by atoms with Crippen molar-refractivity contribution >= 4 is 11.6 Å². The van der Waals surface area contributed by atoms with E-state index >= 15 is 0 Å². The van der Waals surface area contributed by atoms with Crippen LogP contribution in [0.1, 0.15) is 17.7 Å². The number of aryl methyl sites for hydroxylation is 1. The van der Waals surface area contributed by atoms with Gasteiger partial charge in [-0.05, 0) is 31.0 Å². The van der Waals surface area contributed by atoms with Crippen LogP contribution < -0.4 is 5.73 Å². The van der Waals surface area contributed by atoms with Crippen LogP contribution >= 0.6 is 11.6 Å². The summed E-state index contributed by atoms with van der Waals surface area (Å²) in [6.07, 6.45) is 3.50. The van der Waals surface area contributed by atoms with E-state index in [1.807, 2.05) is 6.20 Å². The molecule has 0 saturated carbocycles. The van der Waals surface area contributed by atoms with Crippen LogP contribution in [0.2, 0.25) is 5.02 Å². The third-order valence-corrected chi connectivity index (χ3v) is 3.01. The zero-order valence-corrected chi connectivity index (χ0v) is 10.6. The molecule has 0 bridgehead atoms. The largest absolute Gasteiger partial charge is 0.330 e. The fourth-order valence-electron chi connectivity index (χ4n) is 1.66. The summed E-state index contributed by atoms with van der Waals surface area (Å²) in [5.41, 5.74) is 7.00. The van der Waals surface area contributed by atoms with Crippen LogP contribution in [-0.4, -0.2) is 21.5 Å². The SMILES string of the molecule is NCCCc1cn(Cc2cccc(F)c2Cl)nn1. The van der Waals surface area contributed by atoms with Gasteiger partial charge in [0.25, 0.3) is 0 Å². The number of benzene rings is 1. The standard InChI is InChI=1S/C12H14ClFN4/c13-12-9(3-1-5-11(12)14)7-18-8-10(16-17-18)4-2-6-15/h1,3,5,8H,2,4,6-7,15H2. The summed E-state index contributed by atoms with van der Waals surface area (Å²) < 4.78 is 14.9. The number of hydrogen-bond acceptors (Lipinski definition) is 3. The molecule has 0 aliphatic rings. The first-order valence-electron chi connectivity index (χ1n) is 5.72. The van der Waals surface area contributed by atoms with E-state index in [4.69, 9.17) is 17.3 Å². The fourth-order valence-corrected chi connectivity index (χ4v) is 1.84. The Balaban J connectivity index is 2.09. The highest BCUT2D eigenvalue weighted by molar-refractivity contribution is 6.31. The van der Waals surface area contributed by atoms with Crippen LogP contribution in [0.4, 0.5) is 4.39 Å². The van der Waals surface area contributed by atoms with Crippen LogP contribution in [0.15, 0.2) is 24.4 Å². The molecule has 6 heteroatoms. The van der Waals surface area contributed by atoms with Gasteiger partial charge in [-0.15, -0.1) is 5.10 Å². The van der Waals surface area contributed by atoms with Gasteiger partial charge in [-0.2, -0.15) is 0 Å². The maximum atomic E-state index is 13.3. The smallest absolute Gasteiger partial charge is 0.142 e. The second-order valence-corrected chi connectivity index (χ2v) is 4.39.